The van der Waals surface area contributed by atoms with Crippen LogP contribution in [-0.2, 0) is 0 Å². The molecule has 0 saturated carbocycles. The number of aromatic nitrogens is 1. The van der Waals surface area contributed by atoms with Crippen LogP contribution in [0.5, 0.6) is 11.6 Å². The van der Waals surface area contributed by atoms with Crippen LogP contribution in [0.4, 0.5) is 5.69 Å². The Morgan fingerprint density at radius 3 is 2.73 bits per heavy atom. The number of hydrogen-bond donors (Lipinski definition) is 0. The van der Waals surface area contributed by atoms with Gasteiger partial charge in [0.05, 0.1) is 10.7 Å². The second-order valence-electron chi connectivity index (χ2n) is 2.92. The summed E-state index contributed by atoms with van der Waals surface area (Å²) in [5.74, 6) is 0.989. The fraction of sp³-hybridized carbons (Fsp3) is 0. The maximum atomic E-state index is 7.36. The van der Waals surface area contributed by atoms with Crippen molar-refractivity contribution in [2.75, 3.05) is 0 Å². The number of hydrogen-bond acceptors (Lipinski definition) is 2. The zero-order valence-electron chi connectivity index (χ0n) is 7.77. The highest BCUT2D eigenvalue weighted by molar-refractivity contribution is 6.32. The second-order valence-corrected chi connectivity index (χ2v) is 3.32. The lowest BCUT2D eigenvalue weighted by Gasteiger charge is -2.06. The van der Waals surface area contributed by atoms with Crippen LogP contribution in [0.2, 0.25) is 5.02 Å². The van der Waals surface area contributed by atoms with Gasteiger partial charge >= 0.3 is 0 Å². The van der Waals surface area contributed by atoms with Crippen molar-refractivity contribution in [1.29, 1.82) is 0 Å². The van der Waals surface area contributed by atoms with Crippen molar-refractivity contribution in [3.05, 3.63) is 47.6 Å². The van der Waals surface area contributed by atoms with E-state index in [0.29, 0.717) is 22.3 Å². The fourth-order valence-electron chi connectivity index (χ4n) is 1.10. The standard InChI is InChI=1S/C11H8ClN2O/c12-9-7-8(13)4-5-10(9)15-11-3-1-2-6-14-11/h1-7,13H. The maximum Gasteiger partial charge on any atom is 0.219 e. The minimum atomic E-state index is 0.355. The first-order valence-electron chi connectivity index (χ1n) is 4.36. The van der Waals surface area contributed by atoms with Crippen molar-refractivity contribution in [2.24, 2.45) is 0 Å². The van der Waals surface area contributed by atoms with E-state index < -0.39 is 0 Å². The number of benzene rings is 1. The predicted octanol–water partition coefficient (Wildman–Crippen LogP) is 3.44. The number of pyridine rings is 1. The normalized spacial score (nSPS) is 9.93. The molecule has 1 aromatic carbocycles. The zero-order chi connectivity index (χ0) is 10.7. The smallest absolute Gasteiger partial charge is 0.219 e. The van der Waals surface area contributed by atoms with Crippen LogP contribution < -0.4 is 10.5 Å². The van der Waals surface area contributed by atoms with Gasteiger partial charge in [0.25, 0.3) is 0 Å². The second kappa shape index (κ2) is 4.19. The molecule has 75 valence electrons. The number of nitrogens with zero attached hydrogens (tertiary/aromatic N) is 1. The van der Waals surface area contributed by atoms with E-state index in [2.05, 4.69) is 4.98 Å². The highest BCUT2D eigenvalue weighted by Gasteiger charge is 2.03. The quantitative estimate of drug-likeness (QED) is 0.777. The van der Waals surface area contributed by atoms with Gasteiger partial charge in [-0.1, -0.05) is 17.7 Å². The monoisotopic (exact) mass is 219 g/mol. The summed E-state index contributed by atoms with van der Waals surface area (Å²) in [6.45, 7) is 0. The van der Waals surface area contributed by atoms with Gasteiger partial charge in [0.1, 0.15) is 5.75 Å². The molecule has 1 aromatic heterocycles. The van der Waals surface area contributed by atoms with Crippen LogP contribution in [0.3, 0.4) is 0 Å². The Bertz CT molecular complexity index is 459. The van der Waals surface area contributed by atoms with E-state index in [1.165, 1.54) is 6.07 Å². The van der Waals surface area contributed by atoms with Crippen LogP contribution in [0.15, 0.2) is 42.6 Å². The van der Waals surface area contributed by atoms with Gasteiger partial charge in [-0.15, -0.1) is 0 Å². The van der Waals surface area contributed by atoms with E-state index >= 15 is 0 Å². The van der Waals surface area contributed by atoms with Crippen LogP contribution in [0, 0.1) is 0 Å². The Balaban J connectivity index is 2.25. The molecule has 0 aliphatic heterocycles. The molecular formula is C11H8ClN2O. The molecule has 0 aliphatic rings. The third kappa shape index (κ3) is 2.39. The maximum absolute atomic E-state index is 7.36. The third-order valence-corrected chi connectivity index (χ3v) is 2.08. The molecule has 2 aromatic rings. The summed E-state index contributed by atoms with van der Waals surface area (Å²) in [5.41, 5.74) is 7.71. The van der Waals surface area contributed by atoms with Gasteiger partial charge in [0, 0.05) is 12.3 Å². The summed E-state index contributed by atoms with van der Waals surface area (Å²) in [7, 11) is 0. The van der Waals surface area contributed by atoms with Crippen LogP contribution in [0.25, 0.3) is 0 Å². The summed E-state index contributed by atoms with van der Waals surface area (Å²) >= 11 is 5.91. The molecule has 0 bridgehead atoms. The van der Waals surface area contributed by atoms with Crippen molar-refractivity contribution < 1.29 is 4.74 Å². The molecule has 4 heteroatoms. The molecule has 1 radical (unpaired) electrons. The number of ether oxygens (including phenoxy) is 1. The van der Waals surface area contributed by atoms with E-state index in [0.717, 1.165) is 0 Å². The molecular weight excluding hydrogens is 212 g/mol. The molecule has 0 saturated heterocycles. The Labute approximate surface area is 92.5 Å². The Morgan fingerprint density at radius 2 is 2.07 bits per heavy atom. The van der Waals surface area contributed by atoms with Gasteiger partial charge in [-0.2, -0.15) is 0 Å². The fourth-order valence-corrected chi connectivity index (χ4v) is 1.32. The minimum Gasteiger partial charge on any atom is -0.437 e. The average molecular weight is 220 g/mol. The van der Waals surface area contributed by atoms with E-state index in [-0.39, 0.29) is 0 Å². The van der Waals surface area contributed by atoms with Gasteiger partial charge in [-0.05, 0) is 24.3 Å². The van der Waals surface area contributed by atoms with Crippen molar-refractivity contribution in [3.8, 4) is 11.6 Å². The predicted molar refractivity (Wildman–Crippen MR) is 58.5 cm³/mol. The lowest BCUT2D eigenvalue weighted by molar-refractivity contribution is 0.463. The molecule has 0 fully saturated rings. The molecule has 0 spiro atoms. The topological polar surface area (TPSA) is 45.9 Å². The van der Waals surface area contributed by atoms with E-state index in [1.807, 2.05) is 6.07 Å². The molecule has 1 N–H and O–H groups in total. The summed E-state index contributed by atoms with van der Waals surface area (Å²) in [5, 5.41) is 0.410. The molecule has 2 rings (SSSR count). The number of nitrogens with one attached hydrogen (secondary N) is 1. The largest absolute Gasteiger partial charge is 0.437 e. The van der Waals surface area contributed by atoms with Crippen LogP contribution in [0.1, 0.15) is 0 Å². The van der Waals surface area contributed by atoms with E-state index in [4.69, 9.17) is 22.1 Å². The van der Waals surface area contributed by atoms with Gasteiger partial charge in [-0.3, -0.25) is 0 Å². The molecule has 15 heavy (non-hydrogen) atoms. The molecule has 1 heterocycles. The van der Waals surface area contributed by atoms with Gasteiger partial charge in [-0.25, -0.2) is 4.98 Å². The first-order chi connectivity index (χ1) is 7.25. The van der Waals surface area contributed by atoms with Crippen LogP contribution in [-0.4, -0.2) is 4.98 Å². The SMILES string of the molecule is [NH]c1ccc(Oc2ccccn2)c(Cl)c1. The highest BCUT2D eigenvalue weighted by atomic mass is 35.5. The molecule has 0 aliphatic carbocycles. The lowest BCUT2D eigenvalue weighted by atomic mass is 10.3. The summed E-state index contributed by atoms with van der Waals surface area (Å²) < 4.78 is 5.44. The first-order valence-corrected chi connectivity index (χ1v) is 4.73. The van der Waals surface area contributed by atoms with E-state index in [1.54, 1.807) is 30.5 Å². The average Bonchev–Trinajstić information content (AvgIpc) is 2.24. The Hall–Kier alpha value is -1.74. The number of rotatable bonds is 2. The lowest BCUT2D eigenvalue weighted by Crippen LogP contribution is -1.87. The molecule has 0 atom stereocenters. The zero-order valence-corrected chi connectivity index (χ0v) is 8.53. The van der Waals surface area contributed by atoms with E-state index in [9.17, 15) is 0 Å². The molecule has 3 nitrogen and oxygen atoms in total. The van der Waals surface area contributed by atoms with Gasteiger partial charge in [0.2, 0.25) is 5.88 Å². The van der Waals surface area contributed by atoms with Crippen molar-refractivity contribution in [3.63, 3.8) is 0 Å². The summed E-state index contributed by atoms with van der Waals surface area (Å²) in [4.78, 5) is 4.01. The van der Waals surface area contributed by atoms with Gasteiger partial charge in [0.15, 0.2) is 0 Å². The van der Waals surface area contributed by atoms with Gasteiger partial charge < -0.3 is 10.5 Å². The first kappa shape index (κ1) is 9.80. The van der Waals surface area contributed by atoms with Crippen molar-refractivity contribution >= 4 is 17.3 Å². The van der Waals surface area contributed by atoms with Crippen molar-refractivity contribution in [2.45, 2.75) is 0 Å². The molecule has 0 unspecified atom stereocenters. The van der Waals surface area contributed by atoms with Crippen molar-refractivity contribution in [1.82, 2.24) is 10.7 Å². The minimum absolute atomic E-state index is 0.355. The highest BCUT2D eigenvalue weighted by Crippen LogP contribution is 2.30. The third-order valence-electron chi connectivity index (χ3n) is 1.78. The summed E-state index contributed by atoms with van der Waals surface area (Å²) in [6, 6.07) is 10.2. The Kier molecular flexibility index (Phi) is 2.74. The summed E-state index contributed by atoms with van der Waals surface area (Å²) in [6.07, 6.45) is 1.64. The molecule has 0 amide bonds. The Morgan fingerprint density at radius 1 is 1.20 bits per heavy atom. The van der Waals surface area contributed by atoms with Crippen LogP contribution >= 0.6 is 11.6 Å². The number of halogens is 1.